The third-order valence-corrected chi connectivity index (χ3v) is 3.02. The highest BCUT2D eigenvalue weighted by atomic mass is 16.4. The molecule has 1 aliphatic heterocycles. The largest absolute Gasteiger partial charge is 0.476 e. The number of hydrogen-bond donors (Lipinski definition) is 2. The lowest BCUT2D eigenvalue weighted by atomic mass is 10.2. The summed E-state index contributed by atoms with van der Waals surface area (Å²) in [6.07, 6.45) is 6.82. The first-order valence-corrected chi connectivity index (χ1v) is 6.28. The number of aromatic nitrogens is 2. The summed E-state index contributed by atoms with van der Waals surface area (Å²) in [7, 11) is 0. The normalized spacial score (nSPS) is 15.7. The summed E-state index contributed by atoms with van der Waals surface area (Å²) in [4.78, 5) is 32.3. The van der Waals surface area contributed by atoms with Crippen LogP contribution < -0.4 is 5.32 Å². The number of rotatable bonds is 2. The van der Waals surface area contributed by atoms with Gasteiger partial charge in [0.05, 0.1) is 0 Å². The molecular weight excluding hydrogens is 248 g/mol. The van der Waals surface area contributed by atoms with Gasteiger partial charge in [-0.3, -0.25) is 5.32 Å². The molecule has 0 bridgehead atoms. The first kappa shape index (κ1) is 13.3. The standard InChI is InChI=1S/C12H16N4O3/c17-11(18)9-10(14-6-5-13-9)15-12(19)16-7-3-1-2-4-8-16/h5-6H,1-4,7-8H2,(H,17,18)(H,14,15,19). The van der Waals surface area contributed by atoms with Gasteiger partial charge in [0, 0.05) is 25.5 Å². The average molecular weight is 264 g/mol. The zero-order valence-corrected chi connectivity index (χ0v) is 10.5. The third kappa shape index (κ3) is 3.40. The van der Waals surface area contributed by atoms with E-state index in [1.54, 1.807) is 4.90 Å². The maximum absolute atomic E-state index is 12.0. The molecule has 0 radical (unpaired) electrons. The Morgan fingerprint density at radius 3 is 2.37 bits per heavy atom. The van der Waals surface area contributed by atoms with Gasteiger partial charge in [0.15, 0.2) is 11.5 Å². The second-order valence-corrected chi connectivity index (χ2v) is 4.39. The van der Waals surface area contributed by atoms with E-state index in [9.17, 15) is 9.59 Å². The molecule has 1 fully saturated rings. The van der Waals surface area contributed by atoms with Crippen LogP contribution in [0.2, 0.25) is 0 Å². The van der Waals surface area contributed by atoms with Crippen LogP contribution in [0.5, 0.6) is 0 Å². The molecular formula is C12H16N4O3. The van der Waals surface area contributed by atoms with E-state index in [0.29, 0.717) is 13.1 Å². The van der Waals surface area contributed by atoms with Crippen LogP contribution in [0.1, 0.15) is 36.2 Å². The quantitative estimate of drug-likeness (QED) is 0.845. The number of hydrogen-bond acceptors (Lipinski definition) is 4. The fourth-order valence-corrected chi connectivity index (χ4v) is 2.04. The Labute approximate surface area is 110 Å². The number of aromatic carboxylic acids is 1. The Hall–Kier alpha value is -2.18. The number of anilines is 1. The van der Waals surface area contributed by atoms with Crippen molar-refractivity contribution in [1.82, 2.24) is 14.9 Å². The maximum atomic E-state index is 12.0. The Bertz CT molecular complexity index is 470. The van der Waals surface area contributed by atoms with Crippen molar-refractivity contribution >= 4 is 17.8 Å². The number of nitrogens with zero attached hydrogens (tertiary/aromatic N) is 3. The zero-order valence-electron chi connectivity index (χ0n) is 10.5. The molecule has 0 unspecified atom stereocenters. The summed E-state index contributed by atoms with van der Waals surface area (Å²) in [6, 6.07) is -0.315. The van der Waals surface area contributed by atoms with E-state index in [2.05, 4.69) is 15.3 Å². The van der Waals surface area contributed by atoms with Gasteiger partial charge in [0.2, 0.25) is 0 Å². The molecule has 0 aromatic carbocycles. The first-order chi connectivity index (χ1) is 9.18. The van der Waals surface area contributed by atoms with Crippen molar-refractivity contribution in [3.63, 3.8) is 0 Å². The van der Waals surface area contributed by atoms with Crippen LogP contribution in [0.4, 0.5) is 10.6 Å². The molecule has 2 heterocycles. The smallest absolute Gasteiger partial charge is 0.358 e. The predicted octanol–water partition coefficient (Wildman–Crippen LogP) is 1.58. The molecule has 7 heteroatoms. The Kier molecular flexibility index (Phi) is 4.27. The molecule has 7 nitrogen and oxygen atoms in total. The number of carboxylic acids is 1. The van der Waals surface area contributed by atoms with Crippen molar-refractivity contribution < 1.29 is 14.7 Å². The summed E-state index contributed by atoms with van der Waals surface area (Å²) in [5.74, 6) is -1.22. The molecule has 2 rings (SSSR count). The molecule has 19 heavy (non-hydrogen) atoms. The summed E-state index contributed by atoms with van der Waals surface area (Å²) in [6.45, 7) is 1.38. The first-order valence-electron chi connectivity index (χ1n) is 6.28. The highest BCUT2D eigenvalue weighted by Crippen LogP contribution is 2.13. The molecule has 1 saturated heterocycles. The number of nitrogens with one attached hydrogen (secondary N) is 1. The van der Waals surface area contributed by atoms with Crippen LogP contribution in [0.25, 0.3) is 0 Å². The summed E-state index contributed by atoms with van der Waals surface area (Å²) in [5, 5.41) is 11.5. The van der Waals surface area contributed by atoms with Gasteiger partial charge in [-0.2, -0.15) is 0 Å². The van der Waals surface area contributed by atoms with Crippen LogP contribution in [-0.4, -0.2) is 45.1 Å². The van der Waals surface area contributed by atoms with Gasteiger partial charge >= 0.3 is 12.0 Å². The minimum atomic E-state index is -1.21. The van der Waals surface area contributed by atoms with Gasteiger partial charge in [-0.1, -0.05) is 12.8 Å². The van der Waals surface area contributed by atoms with E-state index < -0.39 is 5.97 Å². The highest BCUT2D eigenvalue weighted by molar-refractivity contribution is 5.97. The van der Waals surface area contributed by atoms with Crippen LogP contribution >= 0.6 is 0 Å². The molecule has 2 N–H and O–H groups in total. The number of carboxylic acid groups (broad SMARTS) is 1. The van der Waals surface area contributed by atoms with E-state index in [0.717, 1.165) is 25.7 Å². The van der Waals surface area contributed by atoms with Gasteiger partial charge in [0.1, 0.15) is 0 Å². The van der Waals surface area contributed by atoms with Crippen molar-refractivity contribution in [3.05, 3.63) is 18.1 Å². The Morgan fingerprint density at radius 2 is 1.74 bits per heavy atom. The molecule has 1 aromatic rings. The van der Waals surface area contributed by atoms with Crippen molar-refractivity contribution in [2.24, 2.45) is 0 Å². The third-order valence-electron chi connectivity index (χ3n) is 3.02. The Balaban J connectivity index is 2.07. The van der Waals surface area contributed by atoms with Crippen molar-refractivity contribution in [2.75, 3.05) is 18.4 Å². The predicted molar refractivity (Wildman–Crippen MR) is 68.1 cm³/mol. The van der Waals surface area contributed by atoms with Crippen molar-refractivity contribution in [1.29, 1.82) is 0 Å². The molecule has 0 spiro atoms. The van der Waals surface area contributed by atoms with Gasteiger partial charge in [-0.05, 0) is 12.8 Å². The maximum Gasteiger partial charge on any atom is 0.358 e. The molecule has 0 atom stereocenters. The van der Waals surface area contributed by atoms with E-state index >= 15 is 0 Å². The SMILES string of the molecule is O=C(O)c1nccnc1NC(=O)N1CCCCCC1. The number of carbonyl (C=O) groups is 2. The van der Waals surface area contributed by atoms with Crippen LogP contribution in [0, 0.1) is 0 Å². The Morgan fingerprint density at radius 1 is 1.11 bits per heavy atom. The number of likely N-dealkylation sites (tertiary alicyclic amines) is 1. The topological polar surface area (TPSA) is 95.4 Å². The summed E-state index contributed by atoms with van der Waals surface area (Å²) >= 11 is 0. The van der Waals surface area contributed by atoms with Crippen molar-refractivity contribution in [2.45, 2.75) is 25.7 Å². The number of urea groups is 1. The second kappa shape index (κ2) is 6.12. The molecule has 1 aromatic heterocycles. The molecule has 0 saturated carbocycles. The second-order valence-electron chi connectivity index (χ2n) is 4.39. The fraction of sp³-hybridized carbons (Fsp3) is 0.500. The van der Waals surface area contributed by atoms with Gasteiger partial charge in [-0.25, -0.2) is 19.6 Å². The summed E-state index contributed by atoms with van der Waals surface area (Å²) in [5.41, 5.74) is -0.245. The van der Waals surface area contributed by atoms with Gasteiger partial charge in [-0.15, -0.1) is 0 Å². The minimum Gasteiger partial charge on any atom is -0.476 e. The van der Waals surface area contributed by atoms with E-state index in [1.807, 2.05) is 0 Å². The monoisotopic (exact) mass is 264 g/mol. The molecule has 0 aliphatic carbocycles. The average Bonchev–Trinajstić information content (AvgIpc) is 2.68. The van der Waals surface area contributed by atoms with E-state index in [1.165, 1.54) is 12.4 Å². The summed E-state index contributed by atoms with van der Waals surface area (Å²) < 4.78 is 0. The van der Waals surface area contributed by atoms with Crippen molar-refractivity contribution in [3.8, 4) is 0 Å². The van der Waals surface area contributed by atoms with Crippen LogP contribution in [-0.2, 0) is 0 Å². The number of amides is 2. The van der Waals surface area contributed by atoms with E-state index in [4.69, 9.17) is 5.11 Å². The lowest BCUT2D eigenvalue weighted by molar-refractivity contribution is 0.0691. The zero-order chi connectivity index (χ0) is 13.7. The lowest BCUT2D eigenvalue weighted by Crippen LogP contribution is -2.36. The lowest BCUT2D eigenvalue weighted by Gasteiger charge is -2.20. The van der Waals surface area contributed by atoms with Gasteiger partial charge < -0.3 is 10.0 Å². The van der Waals surface area contributed by atoms with E-state index in [-0.39, 0.29) is 17.5 Å². The fourth-order valence-electron chi connectivity index (χ4n) is 2.04. The molecule has 2 amide bonds. The van der Waals surface area contributed by atoms with Crippen LogP contribution in [0.15, 0.2) is 12.4 Å². The highest BCUT2D eigenvalue weighted by Gasteiger charge is 2.19. The van der Waals surface area contributed by atoms with Gasteiger partial charge in [0.25, 0.3) is 0 Å². The molecule has 102 valence electrons. The minimum absolute atomic E-state index is 0.00996. The van der Waals surface area contributed by atoms with Crippen LogP contribution in [0.3, 0.4) is 0 Å². The number of carbonyl (C=O) groups excluding carboxylic acids is 1. The molecule has 1 aliphatic rings.